The van der Waals surface area contributed by atoms with Crippen LogP contribution in [0.5, 0.6) is 5.75 Å². The maximum Gasteiger partial charge on any atom is 0.573 e. The summed E-state index contributed by atoms with van der Waals surface area (Å²) in [6.07, 6.45) is -4.78. The Kier molecular flexibility index (Phi) is 3.89. The second kappa shape index (κ2) is 5.63. The second-order valence-corrected chi connectivity index (χ2v) is 4.08. The van der Waals surface area contributed by atoms with Crippen molar-refractivity contribution in [2.75, 3.05) is 11.1 Å². The Balaban J connectivity index is 2.30. The molecule has 108 valence electrons. The molecule has 0 unspecified atom stereocenters. The van der Waals surface area contributed by atoms with E-state index >= 15 is 0 Å². The molecule has 21 heavy (non-hydrogen) atoms. The number of alkyl halides is 3. The molecule has 3 N–H and O–H groups in total. The molecule has 4 nitrogen and oxygen atoms in total. The van der Waals surface area contributed by atoms with Crippen molar-refractivity contribution in [3.63, 3.8) is 0 Å². The third-order valence-electron chi connectivity index (χ3n) is 2.56. The standard InChI is InChI=1S/C14H10F3N3O/c15-14(16,17)21-13-4-2-1-3-12(13)20-11-6-5-9(8-18)7-10(11)19/h1-7,20H,19H2. The van der Waals surface area contributed by atoms with Gasteiger partial charge in [-0.15, -0.1) is 13.2 Å². The van der Waals surface area contributed by atoms with Crippen molar-refractivity contribution in [3.05, 3.63) is 48.0 Å². The molecular weight excluding hydrogens is 283 g/mol. The van der Waals surface area contributed by atoms with Crippen LogP contribution in [-0.4, -0.2) is 6.36 Å². The highest BCUT2D eigenvalue weighted by Crippen LogP contribution is 2.33. The van der Waals surface area contributed by atoms with Crippen LogP contribution in [0.3, 0.4) is 0 Å². The van der Waals surface area contributed by atoms with Gasteiger partial charge < -0.3 is 15.8 Å². The zero-order valence-electron chi connectivity index (χ0n) is 10.6. The molecule has 2 aromatic rings. The first kappa shape index (κ1) is 14.5. The molecule has 0 saturated heterocycles. The van der Waals surface area contributed by atoms with E-state index in [4.69, 9.17) is 11.0 Å². The van der Waals surface area contributed by atoms with Gasteiger partial charge in [-0.3, -0.25) is 0 Å². The molecule has 0 heterocycles. The van der Waals surface area contributed by atoms with E-state index in [0.717, 1.165) is 0 Å². The number of anilines is 3. The van der Waals surface area contributed by atoms with E-state index in [9.17, 15) is 13.2 Å². The van der Waals surface area contributed by atoms with Gasteiger partial charge in [0, 0.05) is 0 Å². The number of benzene rings is 2. The summed E-state index contributed by atoms with van der Waals surface area (Å²) >= 11 is 0. The number of nitrogens with one attached hydrogen (secondary N) is 1. The van der Waals surface area contributed by atoms with Crippen LogP contribution in [0.25, 0.3) is 0 Å². The number of nitriles is 1. The summed E-state index contributed by atoms with van der Waals surface area (Å²) < 4.78 is 40.9. The molecule has 0 spiro atoms. The van der Waals surface area contributed by atoms with Gasteiger partial charge in [-0.25, -0.2) is 0 Å². The van der Waals surface area contributed by atoms with Crippen LogP contribution in [0.1, 0.15) is 5.56 Å². The van der Waals surface area contributed by atoms with E-state index in [0.29, 0.717) is 11.3 Å². The summed E-state index contributed by atoms with van der Waals surface area (Å²) in [5, 5.41) is 11.5. The van der Waals surface area contributed by atoms with Crippen LogP contribution in [0, 0.1) is 11.3 Å². The van der Waals surface area contributed by atoms with Crippen LogP contribution >= 0.6 is 0 Å². The maximum atomic E-state index is 12.3. The van der Waals surface area contributed by atoms with Gasteiger partial charge in [0.25, 0.3) is 0 Å². The Morgan fingerprint density at radius 2 is 1.81 bits per heavy atom. The summed E-state index contributed by atoms with van der Waals surface area (Å²) in [6, 6.07) is 12.0. The van der Waals surface area contributed by atoms with Gasteiger partial charge in [-0.2, -0.15) is 5.26 Å². The summed E-state index contributed by atoms with van der Waals surface area (Å²) in [4.78, 5) is 0. The van der Waals surface area contributed by atoms with Crippen molar-refractivity contribution in [3.8, 4) is 11.8 Å². The van der Waals surface area contributed by atoms with Crippen LogP contribution in [-0.2, 0) is 0 Å². The lowest BCUT2D eigenvalue weighted by molar-refractivity contribution is -0.274. The van der Waals surface area contributed by atoms with E-state index in [1.54, 1.807) is 6.07 Å². The van der Waals surface area contributed by atoms with E-state index in [1.807, 2.05) is 6.07 Å². The third-order valence-corrected chi connectivity index (χ3v) is 2.56. The van der Waals surface area contributed by atoms with Crippen molar-refractivity contribution in [1.29, 1.82) is 5.26 Å². The first-order valence-electron chi connectivity index (χ1n) is 5.80. The minimum absolute atomic E-state index is 0.117. The van der Waals surface area contributed by atoms with E-state index in [1.165, 1.54) is 36.4 Å². The molecule has 2 aromatic carbocycles. The molecule has 2 rings (SSSR count). The number of nitrogen functional groups attached to an aromatic ring is 1. The number of nitrogens with two attached hydrogens (primary N) is 1. The van der Waals surface area contributed by atoms with Crippen molar-refractivity contribution in [2.24, 2.45) is 0 Å². The zero-order valence-corrected chi connectivity index (χ0v) is 10.6. The molecule has 0 aliphatic rings. The number of halogens is 3. The Bertz CT molecular complexity index is 693. The monoisotopic (exact) mass is 293 g/mol. The molecule has 7 heteroatoms. The number of nitrogens with zero attached hydrogens (tertiary/aromatic N) is 1. The van der Waals surface area contributed by atoms with Crippen molar-refractivity contribution in [1.82, 2.24) is 0 Å². The SMILES string of the molecule is N#Cc1ccc(Nc2ccccc2OC(F)(F)F)c(N)c1. The minimum atomic E-state index is -4.78. The highest BCUT2D eigenvalue weighted by Gasteiger charge is 2.32. The third kappa shape index (κ3) is 3.79. The van der Waals surface area contributed by atoms with Gasteiger partial charge in [-0.1, -0.05) is 12.1 Å². The Morgan fingerprint density at radius 1 is 1.10 bits per heavy atom. The molecule has 0 amide bonds. The fourth-order valence-corrected chi connectivity index (χ4v) is 1.67. The first-order valence-corrected chi connectivity index (χ1v) is 5.80. The van der Waals surface area contributed by atoms with Gasteiger partial charge >= 0.3 is 6.36 Å². The normalized spacial score (nSPS) is 10.8. The predicted octanol–water partition coefficient (Wildman–Crippen LogP) is 3.78. The highest BCUT2D eigenvalue weighted by molar-refractivity contribution is 5.76. The smallest absolute Gasteiger partial charge is 0.404 e. The fraction of sp³-hybridized carbons (Fsp3) is 0.0714. The van der Waals surface area contributed by atoms with Crippen LogP contribution < -0.4 is 15.8 Å². The summed E-state index contributed by atoms with van der Waals surface area (Å²) in [5.41, 5.74) is 6.85. The summed E-state index contributed by atoms with van der Waals surface area (Å²) in [6.45, 7) is 0. The van der Waals surface area contributed by atoms with Crippen molar-refractivity contribution >= 4 is 17.1 Å². The van der Waals surface area contributed by atoms with Gasteiger partial charge in [0.2, 0.25) is 0 Å². The number of para-hydroxylation sites is 2. The summed E-state index contributed by atoms with van der Waals surface area (Å²) in [5.74, 6) is -0.367. The number of hydrogen-bond donors (Lipinski definition) is 2. The molecule has 0 aliphatic carbocycles. The Hall–Kier alpha value is -2.88. The van der Waals surface area contributed by atoms with Crippen LogP contribution in [0.4, 0.5) is 30.2 Å². The minimum Gasteiger partial charge on any atom is -0.404 e. The molecular formula is C14H10F3N3O. The molecule has 0 atom stereocenters. The van der Waals surface area contributed by atoms with E-state index < -0.39 is 6.36 Å². The van der Waals surface area contributed by atoms with Gasteiger partial charge in [0.05, 0.1) is 28.7 Å². The number of rotatable bonds is 3. The second-order valence-electron chi connectivity index (χ2n) is 4.08. The lowest BCUT2D eigenvalue weighted by Gasteiger charge is -2.15. The lowest BCUT2D eigenvalue weighted by atomic mass is 10.2. The van der Waals surface area contributed by atoms with Gasteiger partial charge in [0.1, 0.15) is 0 Å². The molecule has 0 bridgehead atoms. The first-order chi connectivity index (χ1) is 9.89. The maximum absolute atomic E-state index is 12.3. The van der Waals surface area contributed by atoms with E-state index in [2.05, 4.69) is 10.1 Å². The summed E-state index contributed by atoms with van der Waals surface area (Å²) in [7, 11) is 0. The lowest BCUT2D eigenvalue weighted by Crippen LogP contribution is -2.17. The van der Waals surface area contributed by atoms with Gasteiger partial charge in [-0.05, 0) is 30.3 Å². The highest BCUT2D eigenvalue weighted by atomic mass is 19.4. The average Bonchev–Trinajstić information content (AvgIpc) is 2.41. The molecule has 0 aromatic heterocycles. The van der Waals surface area contributed by atoms with Crippen molar-refractivity contribution in [2.45, 2.75) is 6.36 Å². The van der Waals surface area contributed by atoms with Crippen molar-refractivity contribution < 1.29 is 17.9 Å². The van der Waals surface area contributed by atoms with Gasteiger partial charge in [0.15, 0.2) is 5.75 Å². The number of ether oxygens (including phenoxy) is 1. The van der Waals surface area contributed by atoms with E-state index in [-0.39, 0.29) is 17.1 Å². The molecule has 0 fully saturated rings. The van der Waals surface area contributed by atoms with Crippen LogP contribution in [0.15, 0.2) is 42.5 Å². The quantitative estimate of drug-likeness (QED) is 0.845. The predicted molar refractivity (Wildman–Crippen MR) is 72.0 cm³/mol. The number of hydrogen-bond acceptors (Lipinski definition) is 4. The molecule has 0 aliphatic heterocycles. The topological polar surface area (TPSA) is 71.1 Å². The largest absolute Gasteiger partial charge is 0.573 e. The Labute approximate surface area is 118 Å². The zero-order chi connectivity index (χ0) is 15.5. The average molecular weight is 293 g/mol. The molecule has 0 saturated carbocycles. The van der Waals surface area contributed by atoms with Crippen LogP contribution in [0.2, 0.25) is 0 Å². The Morgan fingerprint density at radius 3 is 2.43 bits per heavy atom. The molecule has 0 radical (unpaired) electrons. The fourth-order valence-electron chi connectivity index (χ4n) is 1.67.